The van der Waals surface area contributed by atoms with Gasteiger partial charge in [0.2, 0.25) is 0 Å². The Morgan fingerprint density at radius 1 is 1.30 bits per heavy atom. The largest absolute Gasteiger partial charge is 0.381 e. The molecule has 1 aromatic carbocycles. The molecule has 23 heavy (non-hydrogen) atoms. The maximum atomic E-state index is 12.7. The highest BCUT2D eigenvalue weighted by molar-refractivity contribution is 5.81. The fourth-order valence-electron chi connectivity index (χ4n) is 3.16. The SMILES string of the molecule is CCOC[C@@H]1CCN(C(=O)[C@@H]2CCO[C@H](c3ccccc3)O2)C1. The van der Waals surface area contributed by atoms with Crippen LogP contribution in [0.5, 0.6) is 0 Å². The van der Waals surface area contributed by atoms with Crippen LogP contribution in [0.15, 0.2) is 30.3 Å². The minimum absolute atomic E-state index is 0.0910. The van der Waals surface area contributed by atoms with E-state index in [1.165, 1.54) is 0 Å². The van der Waals surface area contributed by atoms with Gasteiger partial charge in [0, 0.05) is 37.6 Å². The fraction of sp³-hybridized carbons (Fsp3) is 0.611. The molecule has 126 valence electrons. The Balaban J connectivity index is 1.55. The Bertz CT molecular complexity index is 507. The number of hydrogen-bond acceptors (Lipinski definition) is 4. The molecular weight excluding hydrogens is 294 g/mol. The van der Waals surface area contributed by atoms with Crippen molar-refractivity contribution < 1.29 is 19.0 Å². The molecule has 2 heterocycles. The van der Waals surface area contributed by atoms with Gasteiger partial charge in [-0.15, -0.1) is 0 Å². The number of hydrogen-bond donors (Lipinski definition) is 0. The van der Waals surface area contributed by atoms with Crippen LogP contribution in [0.1, 0.15) is 31.6 Å². The van der Waals surface area contributed by atoms with Crippen LogP contribution in [0.4, 0.5) is 0 Å². The number of nitrogens with zero attached hydrogens (tertiary/aromatic N) is 1. The lowest BCUT2D eigenvalue weighted by Crippen LogP contribution is -2.42. The molecule has 2 aliphatic rings. The normalized spacial score (nSPS) is 28.0. The molecule has 1 aromatic rings. The van der Waals surface area contributed by atoms with E-state index in [-0.39, 0.29) is 5.91 Å². The van der Waals surface area contributed by atoms with E-state index in [4.69, 9.17) is 14.2 Å². The molecule has 0 N–H and O–H groups in total. The van der Waals surface area contributed by atoms with Crippen LogP contribution in [-0.2, 0) is 19.0 Å². The summed E-state index contributed by atoms with van der Waals surface area (Å²) in [5.74, 6) is 0.539. The predicted octanol–water partition coefficient (Wildman–Crippen LogP) is 2.38. The van der Waals surface area contributed by atoms with Crippen molar-refractivity contribution >= 4 is 5.91 Å². The lowest BCUT2D eigenvalue weighted by atomic mass is 10.1. The smallest absolute Gasteiger partial charge is 0.251 e. The molecule has 5 heteroatoms. The molecular formula is C18H25NO4. The summed E-state index contributed by atoms with van der Waals surface area (Å²) in [5.41, 5.74) is 0.959. The van der Waals surface area contributed by atoms with E-state index in [2.05, 4.69) is 0 Å². The lowest BCUT2D eigenvalue weighted by Gasteiger charge is -2.32. The third-order valence-corrected chi connectivity index (χ3v) is 4.44. The van der Waals surface area contributed by atoms with E-state index in [1.807, 2.05) is 42.2 Å². The molecule has 2 fully saturated rings. The second kappa shape index (κ2) is 7.90. The van der Waals surface area contributed by atoms with E-state index in [0.29, 0.717) is 18.9 Å². The first-order valence-electron chi connectivity index (χ1n) is 8.46. The van der Waals surface area contributed by atoms with Gasteiger partial charge in [0.05, 0.1) is 13.2 Å². The molecule has 3 rings (SSSR count). The quantitative estimate of drug-likeness (QED) is 0.836. The summed E-state index contributed by atoms with van der Waals surface area (Å²) >= 11 is 0. The molecule has 2 saturated heterocycles. The molecule has 0 saturated carbocycles. The molecule has 3 atom stereocenters. The van der Waals surface area contributed by atoms with Crippen molar-refractivity contribution in [3.63, 3.8) is 0 Å². The minimum atomic E-state index is -0.444. The second-order valence-corrected chi connectivity index (χ2v) is 6.13. The molecule has 1 amide bonds. The van der Waals surface area contributed by atoms with Crippen molar-refractivity contribution in [2.75, 3.05) is 32.9 Å². The van der Waals surface area contributed by atoms with Gasteiger partial charge in [0.1, 0.15) is 6.10 Å². The summed E-state index contributed by atoms with van der Waals surface area (Å²) < 4.78 is 17.1. The molecule has 0 radical (unpaired) electrons. The maximum absolute atomic E-state index is 12.7. The second-order valence-electron chi connectivity index (χ2n) is 6.13. The summed E-state index contributed by atoms with van der Waals surface area (Å²) in [4.78, 5) is 14.6. The number of ether oxygens (including phenoxy) is 3. The van der Waals surface area contributed by atoms with E-state index in [9.17, 15) is 4.79 Å². The Labute approximate surface area is 137 Å². The number of amides is 1. The first-order valence-corrected chi connectivity index (χ1v) is 8.46. The van der Waals surface area contributed by atoms with Crippen LogP contribution in [0, 0.1) is 5.92 Å². The summed E-state index contributed by atoms with van der Waals surface area (Å²) in [6, 6.07) is 9.78. The van der Waals surface area contributed by atoms with E-state index in [1.54, 1.807) is 0 Å². The first kappa shape index (κ1) is 16.4. The van der Waals surface area contributed by atoms with Crippen LogP contribution in [0.3, 0.4) is 0 Å². The Kier molecular flexibility index (Phi) is 5.65. The van der Waals surface area contributed by atoms with Crippen molar-refractivity contribution in [1.82, 2.24) is 4.90 Å². The van der Waals surface area contributed by atoms with E-state index < -0.39 is 12.4 Å². The van der Waals surface area contributed by atoms with Crippen molar-refractivity contribution in [2.45, 2.75) is 32.2 Å². The third kappa shape index (κ3) is 4.10. The molecule has 0 spiro atoms. The first-order chi connectivity index (χ1) is 11.3. The Morgan fingerprint density at radius 2 is 2.13 bits per heavy atom. The third-order valence-electron chi connectivity index (χ3n) is 4.44. The van der Waals surface area contributed by atoms with Crippen molar-refractivity contribution in [2.24, 2.45) is 5.92 Å². The highest BCUT2D eigenvalue weighted by atomic mass is 16.7. The van der Waals surface area contributed by atoms with Crippen LogP contribution in [0.25, 0.3) is 0 Å². The van der Waals surface area contributed by atoms with Gasteiger partial charge >= 0.3 is 0 Å². The zero-order chi connectivity index (χ0) is 16.1. The number of carbonyl (C=O) groups excluding carboxylic acids is 1. The van der Waals surface area contributed by atoms with E-state index >= 15 is 0 Å². The predicted molar refractivity (Wildman–Crippen MR) is 85.8 cm³/mol. The van der Waals surface area contributed by atoms with Crippen molar-refractivity contribution in [3.8, 4) is 0 Å². The number of carbonyl (C=O) groups is 1. The van der Waals surface area contributed by atoms with Gasteiger partial charge in [-0.2, -0.15) is 0 Å². The highest BCUT2D eigenvalue weighted by Gasteiger charge is 2.35. The highest BCUT2D eigenvalue weighted by Crippen LogP contribution is 2.28. The fourth-order valence-corrected chi connectivity index (χ4v) is 3.16. The van der Waals surface area contributed by atoms with E-state index in [0.717, 1.165) is 38.3 Å². The Hall–Kier alpha value is -1.43. The number of benzene rings is 1. The zero-order valence-corrected chi connectivity index (χ0v) is 13.6. The molecule has 2 aliphatic heterocycles. The minimum Gasteiger partial charge on any atom is -0.381 e. The van der Waals surface area contributed by atoms with Gasteiger partial charge < -0.3 is 19.1 Å². The molecule has 0 unspecified atom stereocenters. The summed E-state index contributed by atoms with van der Waals surface area (Å²) in [7, 11) is 0. The maximum Gasteiger partial charge on any atom is 0.251 e. The van der Waals surface area contributed by atoms with Gasteiger partial charge in [0.25, 0.3) is 5.91 Å². The zero-order valence-electron chi connectivity index (χ0n) is 13.6. The molecule has 0 aromatic heterocycles. The van der Waals surface area contributed by atoms with Gasteiger partial charge in [-0.1, -0.05) is 30.3 Å². The van der Waals surface area contributed by atoms with Gasteiger partial charge in [-0.3, -0.25) is 4.79 Å². The average Bonchev–Trinajstić information content (AvgIpc) is 3.09. The van der Waals surface area contributed by atoms with Gasteiger partial charge in [-0.05, 0) is 13.3 Å². The standard InChI is InChI=1S/C18H25NO4/c1-2-21-13-14-8-10-19(12-14)17(20)16-9-11-22-18(23-16)15-6-4-3-5-7-15/h3-7,14,16,18H,2,8-13H2,1H3/t14-,16+,18+/m1/s1. The van der Waals surface area contributed by atoms with Crippen molar-refractivity contribution in [3.05, 3.63) is 35.9 Å². The summed E-state index contributed by atoms with van der Waals surface area (Å²) in [6.45, 7) is 5.58. The van der Waals surface area contributed by atoms with Gasteiger partial charge in [0.15, 0.2) is 6.29 Å². The van der Waals surface area contributed by atoms with Crippen LogP contribution >= 0.6 is 0 Å². The molecule has 0 aliphatic carbocycles. The molecule has 5 nitrogen and oxygen atoms in total. The van der Waals surface area contributed by atoms with Gasteiger partial charge in [-0.25, -0.2) is 0 Å². The number of rotatable bonds is 5. The van der Waals surface area contributed by atoms with Crippen LogP contribution in [0.2, 0.25) is 0 Å². The topological polar surface area (TPSA) is 48.0 Å². The van der Waals surface area contributed by atoms with Crippen LogP contribution < -0.4 is 0 Å². The van der Waals surface area contributed by atoms with Crippen LogP contribution in [-0.4, -0.2) is 49.8 Å². The monoisotopic (exact) mass is 319 g/mol. The summed E-state index contributed by atoms with van der Waals surface area (Å²) in [5, 5.41) is 0. The number of likely N-dealkylation sites (tertiary alicyclic amines) is 1. The summed E-state index contributed by atoms with van der Waals surface area (Å²) in [6.07, 6.45) is 0.784. The Morgan fingerprint density at radius 3 is 2.91 bits per heavy atom. The lowest BCUT2D eigenvalue weighted by molar-refractivity contribution is -0.220. The molecule has 0 bridgehead atoms. The van der Waals surface area contributed by atoms with Crippen molar-refractivity contribution in [1.29, 1.82) is 0 Å². The average molecular weight is 319 g/mol.